The van der Waals surface area contributed by atoms with Crippen LogP contribution in [0, 0.1) is 0 Å². The molecule has 0 saturated heterocycles. The van der Waals surface area contributed by atoms with Gasteiger partial charge in [-0.05, 0) is 36.3 Å². The van der Waals surface area contributed by atoms with Crippen molar-refractivity contribution < 1.29 is 8.85 Å². The summed E-state index contributed by atoms with van der Waals surface area (Å²) in [5, 5.41) is 0.378. The van der Waals surface area contributed by atoms with E-state index < -0.39 is 16.6 Å². The van der Waals surface area contributed by atoms with Gasteiger partial charge < -0.3 is 20.3 Å². The third-order valence-electron chi connectivity index (χ3n) is 5.44. The Morgan fingerprint density at radius 2 is 0.909 bits per heavy atom. The maximum Gasteiger partial charge on any atom is 0.192 e. The van der Waals surface area contributed by atoms with Crippen molar-refractivity contribution in [3.05, 3.63) is 0 Å². The second-order valence-corrected chi connectivity index (χ2v) is 19.1. The molecule has 0 saturated carbocycles. The Balaban J connectivity index is 4.44. The summed E-state index contributed by atoms with van der Waals surface area (Å²) in [6.45, 7) is 23.3. The molecule has 0 rings (SSSR count). The van der Waals surface area contributed by atoms with Crippen LogP contribution in [0.4, 0.5) is 0 Å². The van der Waals surface area contributed by atoms with Crippen LogP contribution in [0.3, 0.4) is 0 Å². The third-order valence-corrected chi connectivity index (χ3v) is 14.4. The van der Waals surface area contributed by atoms with Gasteiger partial charge in [-0.3, -0.25) is 0 Å². The molecule has 2 atom stereocenters. The topological polar surface area (TPSA) is 70.5 Å². The fraction of sp³-hybridized carbons (Fsp3) is 1.00. The van der Waals surface area contributed by atoms with Gasteiger partial charge in [0.15, 0.2) is 16.6 Å². The molecular weight excluding hydrogens is 308 g/mol. The summed E-state index contributed by atoms with van der Waals surface area (Å²) in [5.74, 6) is 0. The standard InChI is InChI=1S/C16H40N2O2Si2/c1-15(2,3)21(7,8)19-11-13(17)14(18)12-20-22(9,10)16(4,5)6/h13-14H,11-12,17-18H2,1-10H3/t13-,14-/m0/s1. The van der Waals surface area contributed by atoms with Crippen LogP contribution in [0.1, 0.15) is 41.5 Å². The first-order chi connectivity index (χ1) is 9.51. The Labute approximate surface area is 140 Å². The Morgan fingerprint density at radius 1 is 0.682 bits per heavy atom. The molecule has 0 radical (unpaired) electrons. The van der Waals surface area contributed by atoms with E-state index in [9.17, 15) is 0 Å². The zero-order valence-electron chi connectivity index (χ0n) is 16.5. The van der Waals surface area contributed by atoms with Gasteiger partial charge in [0.1, 0.15) is 0 Å². The van der Waals surface area contributed by atoms with Crippen LogP contribution in [0.5, 0.6) is 0 Å². The zero-order valence-corrected chi connectivity index (χ0v) is 18.5. The molecule has 0 fully saturated rings. The summed E-state index contributed by atoms with van der Waals surface area (Å²) in [7, 11) is -3.54. The fourth-order valence-corrected chi connectivity index (χ4v) is 3.37. The van der Waals surface area contributed by atoms with Gasteiger partial charge in [0.2, 0.25) is 0 Å². The number of nitrogens with two attached hydrogens (primary N) is 2. The first kappa shape index (κ1) is 22.3. The highest BCUT2D eigenvalue weighted by Crippen LogP contribution is 2.37. The molecular formula is C16H40N2O2Si2. The molecule has 4 nitrogen and oxygen atoms in total. The van der Waals surface area contributed by atoms with Crippen molar-refractivity contribution >= 4 is 16.6 Å². The molecule has 0 aromatic rings. The molecule has 0 spiro atoms. The second-order valence-electron chi connectivity index (χ2n) is 9.47. The largest absolute Gasteiger partial charge is 0.415 e. The van der Waals surface area contributed by atoms with Crippen molar-refractivity contribution in [3.8, 4) is 0 Å². The lowest BCUT2D eigenvalue weighted by atomic mass is 10.2. The molecule has 134 valence electrons. The van der Waals surface area contributed by atoms with Gasteiger partial charge in [0.05, 0.1) is 13.2 Å². The smallest absolute Gasteiger partial charge is 0.192 e. The average molecular weight is 349 g/mol. The van der Waals surface area contributed by atoms with Crippen LogP contribution in [-0.2, 0) is 8.85 Å². The van der Waals surface area contributed by atoms with Gasteiger partial charge in [-0.15, -0.1) is 0 Å². The van der Waals surface area contributed by atoms with Crippen molar-refractivity contribution in [2.75, 3.05) is 13.2 Å². The molecule has 0 unspecified atom stereocenters. The van der Waals surface area contributed by atoms with E-state index in [1.54, 1.807) is 0 Å². The SMILES string of the molecule is CC(C)(C)[Si](C)(C)OC[C@H](N)[C@@H](N)CO[Si](C)(C)C(C)(C)C. The summed E-state index contributed by atoms with van der Waals surface area (Å²) in [6.07, 6.45) is 0. The minimum Gasteiger partial charge on any atom is -0.415 e. The highest BCUT2D eigenvalue weighted by molar-refractivity contribution is 6.74. The van der Waals surface area contributed by atoms with E-state index in [-0.39, 0.29) is 22.2 Å². The Hall–Kier alpha value is 0.274. The van der Waals surface area contributed by atoms with E-state index in [4.69, 9.17) is 20.3 Å². The molecule has 0 aliphatic carbocycles. The molecule has 0 heterocycles. The van der Waals surface area contributed by atoms with Gasteiger partial charge in [-0.25, -0.2) is 0 Å². The highest BCUT2D eigenvalue weighted by atomic mass is 28.4. The predicted molar refractivity (Wildman–Crippen MR) is 102 cm³/mol. The quantitative estimate of drug-likeness (QED) is 0.688. The lowest BCUT2D eigenvalue weighted by molar-refractivity contribution is 0.202. The maximum atomic E-state index is 6.21. The van der Waals surface area contributed by atoms with Crippen LogP contribution >= 0.6 is 0 Å². The third kappa shape index (κ3) is 6.41. The molecule has 0 amide bonds. The maximum absolute atomic E-state index is 6.21. The van der Waals surface area contributed by atoms with Gasteiger partial charge in [-0.1, -0.05) is 41.5 Å². The van der Waals surface area contributed by atoms with Gasteiger partial charge in [-0.2, -0.15) is 0 Å². The molecule has 0 aromatic heterocycles. The van der Waals surface area contributed by atoms with E-state index in [0.717, 1.165) is 0 Å². The minimum absolute atomic E-state index is 0.182. The van der Waals surface area contributed by atoms with Crippen molar-refractivity contribution in [2.24, 2.45) is 11.5 Å². The Morgan fingerprint density at radius 3 is 1.09 bits per heavy atom. The first-order valence-electron chi connectivity index (χ1n) is 8.30. The van der Waals surface area contributed by atoms with Crippen molar-refractivity contribution in [2.45, 2.75) is 89.9 Å². The molecule has 22 heavy (non-hydrogen) atoms. The Kier molecular flexibility index (Phi) is 7.54. The van der Waals surface area contributed by atoms with Crippen LogP contribution in [0.15, 0.2) is 0 Å². The van der Waals surface area contributed by atoms with E-state index in [1.807, 2.05) is 0 Å². The molecule has 0 aliphatic heterocycles. The van der Waals surface area contributed by atoms with Crippen molar-refractivity contribution in [1.29, 1.82) is 0 Å². The lowest BCUT2D eigenvalue weighted by Crippen LogP contribution is -2.53. The van der Waals surface area contributed by atoms with Crippen molar-refractivity contribution in [1.82, 2.24) is 0 Å². The molecule has 4 N–H and O–H groups in total. The second kappa shape index (κ2) is 7.44. The average Bonchev–Trinajstić information content (AvgIpc) is 2.30. The van der Waals surface area contributed by atoms with Crippen LogP contribution in [0.2, 0.25) is 36.3 Å². The molecule has 0 bridgehead atoms. The van der Waals surface area contributed by atoms with E-state index >= 15 is 0 Å². The predicted octanol–water partition coefficient (Wildman–Crippen LogP) is 3.68. The van der Waals surface area contributed by atoms with Gasteiger partial charge in [0, 0.05) is 12.1 Å². The summed E-state index contributed by atoms with van der Waals surface area (Å²) >= 11 is 0. The minimum atomic E-state index is -1.77. The molecule has 6 heteroatoms. The van der Waals surface area contributed by atoms with Gasteiger partial charge >= 0.3 is 0 Å². The Bertz CT molecular complexity index is 313. The van der Waals surface area contributed by atoms with Crippen molar-refractivity contribution in [3.63, 3.8) is 0 Å². The number of rotatable bonds is 7. The lowest BCUT2D eigenvalue weighted by Gasteiger charge is -2.39. The monoisotopic (exact) mass is 348 g/mol. The molecule has 0 aliphatic rings. The van der Waals surface area contributed by atoms with E-state index in [2.05, 4.69) is 67.7 Å². The van der Waals surface area contributed by atoms with Gasteiger partial charge in [0.25, 0.3) is 0 Å². The molecule has 0 aromatic carbocycles. The van der Waals surface area contributed by atoms with E-state index in [0.29, 0.717) is 13.2 Å². The van der Waals surface area contributed by atoms with Crippen LogP contribution < -0.4 is 11.5 Å². The first-order valence-corrected chi connectivity index (χ1v) is 14.1. The van der Waals surface area contributed by atoms with Crippen LogP contribution in [-0.4, -0.2) is 41.9 Å². The summed E-state index contributed by atoms with van der Waals surface area (Å²) in [5.41, 5.74) is 12.4. The fourth-order valence-electron chi connectivity index (χ4n) is 1.29. The highest BCUT2D eigenvalue weighted by Gasteiger charge is 2.39. The number of hydrogen-bond donors (Lipinski definition) is 2. The normalized spacial score (nSPS) is 17.5. The van der Waals surface area contributed by atoms with E-state index in [1.165, 1.54) is 0 Å². The van der Waals surface area contributed by atoms with Crippen LogP contribution in [0.25, 0.3) is 0 Å². The summed E-state index contributed by atoms with van der Waals surface area (Å²) in [4.78, 5) is 0. The number of hydrogen-bond acceptors (Lipinski definition) is 4. The summed E-state index contributed by atoms with van der Waals surface area (Å²) in [6, 6.07) is -0.363. The summed E-state index contributed by atoms with van der Waals surface area (Å²) < 4.78 is 12.3. The zero-order chi connectivity index (χ0) is 18.0.